The average molecular weight is 583 g/mol. The van der Waals surface area contributed by atoms with Crippen molar-refractivity contribution in [3.8, 4) is 5.75 Å². The van der Waals surface area contributed by atoms with Crippen molar-refractivity contribution in [3.05, 3.63) is 92.4 Å². The number of hydrogen-bond acceptors (Lipinski definition) is 6. The van der Waals surface area contributed by atoms with E-state index in [0.29, 0.717) is 25.3 Å². The van der Waals surface area contributed by atoms with Gasteiger partial charge in [0.1, 0.15) is 5.75 Å². The first-order valence-electron chi connectivity index (χ1n) is 14.9. The minimum absolute atomic E-state index is 0.0288. The Morgan fingerprint density at radius 3 is 2.57 bits per heavy atom. The van der Waals surface area contributed by atoms with Crippen LogP contribution in [0.5, 0.6) is 5.75 Å². The number of thiophene rings is 1. The van der Waals surface area contributed by atoms with Crippen LogP contribution in [0.1, 0.15) is 60.4 Å². The number of phenols is 1. The van der Waals surface area contributed by atoms with Gasteiger partial charge in [-0.3, -0.25) is 19.5 Å². The number of aromatic nitrogens is 1. The van der Waals surface area contributed by atoms with Crippen molar-refractivity contribution in [3.63, 3.8) is 0 Å². The van der Waals surface area contributed by atoms with Gasteiger partial charge in [0, 0.05) is 17.0 Å². The van der Waals surface area contributed by atoms with Crippen LogP contribution in [0.4, 0.5) is 0 Å². The van der Waals surface area contributed by atoms with E-state index in [1.54, 1.807) is 11.3 Å². The molecule has 3 aliphatic rings. The molecule has 2 amide bonds. The zero-order valence-corrected chi connectivity index (χ0v) is 25.5. The molecule has 0 radical (unpaired) electrons. The molecule has 0 saturated carbocycles. The molecule has 6 rings (SSSR count). The second-order valence-electron chi connectivity index (χ2n) is 12.2. The van der Waals surface area contributed by atoms with Crippen molar-refractivity contribution in [1.29, 1.82) is 0 Å². The lowest BCUT2D eigenvalue weighted by Crippen LogP contribution is -2.35. The number of carbonyl (C=O) groups excluding carboxylic acids is 2. The van der Waals surface area contributed by atoms with Crippen molar-refractivity contribution < 1.29 is 19.4 Å². The standard InChI is InChI=1S/C35H38N2O4S/c1-20(2)26-17-27-32(35(40)37(34(27)39)18-25-8-7-13-42-25)28-19-41-30(31(26)28)11-10-24(29-9-5-6-12-36-29)16-23-14-21(3)33(38)22(4)15-23/h5-9,12-16,20,27-28,30,32,38H,10-11,17-19H2,1-4H3/b24-16-/t27-,28+,30-,32-/m1/s1. The van der Waals surface area contributed by atoms with E-state index in [4.69, 9.17) is 4.74 Å². The summed E-state index contributed by atoms with van der Waals surface area (Å²) >= 11 is 1.58. The van der Waals surface area contributed by atoms with Gasteiger partial charge in [-0.15, -0.1) is 11.3 Å². The zero-order chi connectivity index (χ0) is 29.5. The molecular formula is C35H38N2O4S. The van der Waals surface area contributed by atoms with Crippen molar-refractivity contribution in [2.24, 2.45) is 23.7 Å². The van der Waals surface area contributed by atoms with E-state index in [9.17, 15) is 14.7 Å². The lowest BCUT2D eigenvalue weighted by Gasteiger charge is -2.33. The van der Waals surface area contributed by atoms with Crippen LogP contribution in [-0.2, 0) is 20.9 Å². The Hall–Kier alpha value is -3.55. The predicted octanol–water partition coefficient (Wildman–Crippen LogP) is 6.96. The van der Waals surface area contributed by atoms with Crippen LogP contribution in [0.15, 0.2) is 65.2 Å². The van der Waals surface area contributed by atoms with Crippen LogP contribution in [0.2, 0.25) is 0 Å². The van der Waals surface area contributed by atoms with E-state index in [1.807, 2.05) is 67.9 Å². The zero-order valence-electron chi connectivity index (χ0n) is 24.7. The molecule has 2 fully saturated rings. The number of amides is 2. The minimum atomic E-state index is -0.339. The molecule has 0 bridgehead atoms. The first-order valence-corrected chi connectivity index (χ1v) is 15.7. The number of hydrogen-bond donors (Lipinski definition) is 1. The molecule has 0 unspecified atom stereocenters. The average Bonchev–Trinajstić information content (AvgIpc) is 3.70. The molecule has 2 aromatic heterocycles. The molecule has 4 atom stereocenters. The molecule has 218 valence electrons. The highest BCUT2D eigenvalue weighted by atomic mass is 32.1. The van der Waals surface area contributed by atoms with Gasteiger partial charge in [0.2, 0.25) is 11.8 Å². The minimum Gasteiger partial charge on any atom is -0.507 e. The Balaban J connectivity index is 1.28. The van der Waals surface area contributed by atoms with Gasteiger partial charge in [-0.2, -0.15) is 0 Å². The molecule has 3 aromatic rings. The highest BCUT2D eigenvalue weighted by Gasteiger charge is 2.57. The quantitative estimate of drug-likeness (QED) is 0.229. The van der Waals surface area contributed by atoms with E-state index in [-0.39, 0.29) is 41.6 Å². The number of fused-ring (bicyclic) bond motifs is 3. The topological polar surface area (TPSA) is 79.7 Å². The van der Waals surface area contributed by atoms with E-state index in [2.05, 4.69) is 24.9 Å². The Morgan fingerprint density at radius 1 is 1.12 bits per heavy atom. The van der Waals surface area contributed by atoms with Crippen molar-refractivity contribution in [2.75, 3.05) is 6.61 Å². The lowest BCUT2D eigenvalue weighted by atomic mass is 9.67. The molecule has 1 aliphatic carbocycles. The molecule has 1 aromatic carbocycles. The van der Waals surface area contributed by atoms with Gasteiger partial charge >= 0.3 is 0 Å². The fourth-order valence-electron chi connectivity index (χ4n) is 7.13. The number of carbonyl (C=O) groups is 2. The summed E-state index contributed by atoms with van der Waals surface area (Å²) in [6, 6.07) is 13.9. The van der Waals surface area contributed by atoms with Gasteiger partial charge in [-0.05, 0) is 109 Å². The highest BCUT2D eigenvalue weighted by molar-refractivity contribution is 7.09. The molecule has 2 aliphatic heterocycles. The summed E-state index contributed by atoms with van der Waals surface area (Å²) in [5, 5.41) is 12.3. The normalized spacial score (nSPS) is 24.1. The summed E-state index contributed by atoms with van der Waals surface area (Å²) in [5.41, 5.74) is 7.27. The van der Waals surface area contributed by atoms with Crippen LogP contribution >= 0.6 is 11.3 Å². The summed E-state index contributed by atoms with van der Waals surface area (Å²) in [6.45, 7) is 9.05. The van der Waals surface area contributed by atoms with Gasteiger partial charge in [-0.25, -0.2) is 0 Å². The molecular weight excluding hydrogens is 544 g/mol. The maximum absolute atomic E-state index is 13.7. The van der Waals surface area contributed by atoms with Crippen molar-refractivity contribution in [2.45, 2.75) is 59.6 Å². The molecule has 42 heavy (non-hydrogen) atoms. The van der Waals surface area contributed by atoms with Gasteiger partial charge in [-0.1, -0.05) is 31.6 Å². The van der Waals surface area contributed by atoms with Crippen molar-refractivity contribution in [1.82, 2.24) is 9.88 Å². The van der Waals surface area contributed by atoms with E-state index < -0.39 is 0 Å². The maximum Gasteiger partial charge on any atom is 0.234 e. The molecule has 7 heteroatoms. The first kappa shape index (κ1) is 28.6. The van der Waals surface area contributed by atoms with Crippen LogP contribution in [-0.4, -0.2) is 39.5 Å². The molecule has 6 nitrogen and oxygen atoms in total. The SMILES string of the molecule is Cc1cc(/C=C(/CC[C@H]2OC[C@H]3C2=C(C(C)C)C[C@H]2C(=O)N(Cc4cccs4)C(=O)[C@H]23)c2ccccn2)cc(C)c1O. The van der Waals surface area contributed by atoms with Gasteiger partial charge in [0.15, 0.2) is 0 Å². The number of allylic oxidation sites excluding steroid dienone is 2. The number of pyridine rings is 1. The number of aromatic hydroxyl groups is 1. The summed E-state index contributed by atoms with van der Waals surface area (Å²) in [5.74, 6) is -0.158. The number of benzene rings is 1. The number of ether oxygens (including phenoxy) is 1. The lowest BCUT2D eigenvalue weighted by molar-refractivity contribution is -0.140. The second kappa shape index (κ2) is 11.6. The summed E-state index contributed by atoms with van der Waals surface area (Å²) < 4.78 is 6.49. The number of aryl methyl sites for hydroxylation is 2. The first-order chi connectivity index (χ1) is 20.2. The number of likely N-dealkylation sites (tertiary alicyclic amines) is 1. The van der Waals surface area contributed by atoms with Gasteiger partial charge in [0.25, 0.3) is 0 Å². The largest absolute Gasteiger partial charge is 0.507 e. The summed E-state index contributed by atoms with van der Waals surface area (Å²) in [6.07, 6.45) is 6.01. The molecule has 1 N–H and O–H groups in total. The smallest absolute Gasteiger partial charge is 0.234 e. The van der Waals surface area contributed by atoms with Crippen LogP contribution in [0, 0.1) is 37.5 Å². The van der Waals surface area contributed by atoms with E-state index >= 15 is 0 Å². The van der Waals surface area contributed by atoms with Crippen LogP contribution < -0.4 is 0 Å². The Labute approximate surface area is 251 Å². The monoisotopic (exact) mass is 582 g/mol. The maximum atomic E-state index is 13.7. The third-order valence-corrected chi connectivity index (χ3v) is 10.0. The Kier molecular flexibility index (Phi) is 7.90. The van der Waals surface area contributed by atoms with Gasteiger partial charge in [0.05, 0.1) is 36.8 Å². The number of phenolic OH excluding ortho intramolecular Hbond substituents is 1. The fourth-order valence-corrected chi connectivity index (χ4v) is 7.82. The number of nitrogens with zero attached hydrogens (tertiary/aromatic N) is 2. The van der Waals surface area contributed by atoms with E-state index in [0.717, 1.165) is 45.7 Å². The van der Waals surface area contributed by atoms with Gasteiger partial charge < -0.3 is 9.84 Å². The second-order valence-corrected chi connectivity index (χ2v) is 13.2. The third-order valence-electron chi connectivity index (χ3n) is 9.15. The Morgan fingerprint density at radius 2 is 1.90 bits per heavy atom. The number of imide groups is 1. The molecule has 0 spiro atoms. The summed E-state index contributed by atoms with van der Waals surface area (Å²) in [7, 11) is 0. The van der Waals surface area contributed by atoms with E-state index in [1.165, 1.54) is 16.0 Å². The fraction of sp³-hybridized carbons (Fsp3) is 0.400. The van der Waals surface area contributed by atoms with Crippen LogP contribution in [0.25, 0.3) is 11.6 Å². The third kappa shape index (κ3) is 5.25. The van der Waals surface area contributed by atoms with Crippen LogP contribution in [0.3, 0.4) is 0 Å². The summed E-state index contributed by atoms with van der Waals surface area (Å²) in [4.78, 5) is 34.5. The highest BCUT2D eigenvalue weighted by Crippen LogP contribution is 2.51. The molecule has 4 heterocycles. The Bertz CT molecular complexity index is 1530. The molecule has 2 saturated heterocycles. The predicted molar refractivity (Wildman–Crippen MR) is 165 cm³/mol. The number of rotatable bonds is 8. The van der Waals surface area contributed by atoms with Crippen molar-refractivity contribution >= 4 is 34.8 Å².